The SMILES string of the molecule is NC(C1=CCCCO1)c1cccc(Cl)c1F. The van der Waals surface area contributed by atoms with Crippen LogP contribution in [0.1, 0.15) is 24.4 Å². The van der Waals surface area contributed by atoms with Gasteiger partial charge in [0.05, 0.1) is 17.7 Å². The molecule has 1 aliphatic heterocycles. The van der Waals surface area contributed by atoms with Crippen LogP contribution in [0.3, 0.4) is 0 Å². The van der Waals surface area contributed by atoms with E-state index in [0.29, 0.717) is 17.9 Å². The Kier molecular flexibility index (Phi) is 3.46. The molecule has 4 heteroatoms. The largest absolute Gasteiger partial charge is 0.496 e. The highest BCUT2D eigenvalue weighted by Crippen LogP contribution is 2.28. The van der Waals surface area contributed by atoms with Crippen molar-refractivity contribution in [1.29, 1.82) is 0 Å². The third kappa shape index (κ3) is 2.20. The van der Waals surface area contributed by atoms with E-state index < -0.39 is 11.9 Å². The highest BCUT2D eigenvalue weighted by Gasteiger charge is 2.20. The fourth-order valence-corrected chi connectivity index (χ4v) is 1.89. The molecule has 0 radical (unpaired) electrons. The molecule has 0 aromatic heterocycles. The molecule has 2 nitrogen and oxygen atoms in total. The lowest BCUT2D eigenvalue weighted by atomic mass is 10.0. The zero-order valence-electron chi connectivity index (χ0n) is 8.75. The maximum Gasteiger partial charge on any atom is 0.147 e. The minimum atomic E-state index is -0.570. The third-order valence-electron chi connectivity index (χ3n) is 2.59. The van der Waals surface area contributed by atoms with E-state index in [1.165, 1.54) is 6.07 Å². The summed E-state index contributed by atoms with van der Waals surface area (Å²) < 4.78 is 19.1. The lowest BCUT2D eigenvalue weighted by molar-refractivity contribution is 0.175. The monoisotopic (exact) mass is 241 g/mol. The number of ether oxygens (including phenoxy) is 1. The van der Waals surface area contributed by atoms with E-state index in [0.717, 1.165) is 12.8 Å². The van der Waals surface area contributed by atoms with Crippen LogP contribution in [0.4, 0.5) is 4.39 Å². The van der Waals surface area contributed by atoms with Crippen LogP contribution >= 0.6 is 11.6 Å². The summed E-state index contributed by atoms with van der Waals surface area (Å²) in [6.45, 7) is 0.641. The average molecular weight is 242 g/mol. The summed E-state index contributed by atoms with van der Waals surface area (Å²) >= 11 is 5.71. The number of halogens is 2. The van der Waals surface area contributed by atoms with Crippen LogP contribution in [0.25, 0.3) is 0 Å². The van der Waals surface area contributed by atoms with Crippen LogP contribution < -0.4 is 5.73 Å². The normalized spacial score (nSPS) is 17.6. The second-order valence-corrected chi connectivity index (χ2v) is 4.13. The summed E-state index contributed by atoms with van der Waals surface area (Å²) in [6.07, 6.45) is 3.81. The Morgan fingerprint density at radius 2 is 2.25 bits per heavy atom. The molecule has 16 heavy (non-hydrogen) atoms. The highest BCUT2D eigenvalue weighted by atomic mass is 35.5. The third-order valence-corrected chi connectivity index (χ3v) is 2.88. The van der Waals surface area contributed by atoms with Gasteiger partial charge in [-0.25, -0.2) is 4.39 Å². The molecular formula is C12H13ClFNO. The van der Waals surface area contributed by atoms with E-state index in [1.54, 1.807) is 12.1 Å². The number of benzene rings is 1. The number of nitrogens with two attached hydrogens (primary N) is 1. The number of hydrogen-bond acceptors (Lipinski definition) is 2. The fraction of sp³-hybridized carbons (Fsp3) is 0.333. The van der Waals surface area contributed by atoms with Gasteiger partial charge in [0.1, 0.15) is 11.6 Å². The van der Waals surface area contributed by atoms with Gasteiger partial charge in [-0.2, -0.15) is 0 Å². The minimum absolute atomic E-state index is 0.0874. The van der Waals surface area contributed by atoms with Gasteiger partial charge in [-0.15, -0.1) is 0 Å². The van der Waals surface area contributed by atoms with Gasteiger partial charge in [0.15, 0.2) is 0 Å². The molecule has 1 atom stereocenters. The summed E-state index contributed by atoms with van der Waals surface area (Å²) in [5.41, 5.74) is 6.32. The van der Waals surface area contributed by atoms with Crippen LogP contribution in [0, 0.1) is 5.82 Å². The van der Waals surface area contributed by atoms with Gasteiger partial charge >= 0.3 is 0 Å². The van der Waals surface area contributed by atoms with E-state index in [1.807, 2.05) is 6.08 Å². The Bertz CT molecular complexity index is 419. The van der Waals surface area contributed by atoms with E-state index in [4.69, 9.17) is 22.1 Å². The van der Waals surface area contributed by atoms with Gasteiger partial charge in [0, 0.05) is 5.56 Å². The van der Waals surface area contributed by atoms with Crippen LogP contribution in [0.5, 0.6) is 0 Å². The number of rotatable bonds is 2. The lowest BCUT2D eigenvalue weighted by Crippen LogP contribution is -2.19. The summed E-state index contributed by atoms with van der Waals surface area (Å²) in [5.74, 6) is 0.166. The molecule has 0 saturated carbocycles. The molecule has 1 heterocycles. The summed E-state index contributed by atoms with van der Waals surface area (Å²) in [7, 11) is 0. The van der Waals surface area contributed by atoms with Gasteiger partial charge in [-0.05, 0) is 25.0 Å². The maximum atomic E-state index is 13.7. The second kappa shape index (κ2) is 4.85. The molecule has 0 saturated heterocycles. The van der Waals surface area contributed by atoms with E-state index in [2.05, 4.69) is 0 Å². The molecule has 0 amide bonds. The predicted octanol–water partition coefficient (Wildman–Crippen LogP) is 3.17. The molecule has 86 valence electrons. The number of hydrogen-bond donors (Lipinski definition) is 1. The van der Waals surface area contributed by atoms with Crippen molar-refractivity contribution < 1.29 is 9.13 Å². The molecule has 1 aliphatic rings. The Labute approximate surface area is 98.8 Å². The first-order valence-corrected chi connectivity index (χ1v) is 5.60. The van der Waals surface area contributed by atoms with Gasteiger partial charge in [-0.3, -0.25) is 0 Å². The van der Waals surface area contributed by atoms with Crippen molar-refractivity contribution in [1.82, 2.24) is 0 Å². The van der Waals surface area contributed by atoms with Crippen LogP contribution in [0.2, 0.25) is 5.02 Å². The first-order chi connectivity index (χ1) is 7.70. The zero-order valence-corrected chi connectivity index (χ0v) is 9.51. The smallest absolute Gasteiger partial charge is 0.147 e. The van der Waals surface area contributed by atoms with Crippen LogP contribution in [0.15, 0.2) is 30.0 Å². The second-order valence-electron chi connectivity index (χ2n) is 3.72. The zero-order chi connectivity index (χ0) is 11.5. The molecule has 1 aromatic carbocycles. The van der Waals surface area contributed by atoms with Crippen molar-refractivity contribution in [3.63, 3.8) is 0 Å². The van der Waals surface area contributed by atoms with E-state index in [-0.39, 0.29) is 5.02 Å². The highest BCUT2D eigenvalue weighted by molar-refractivity contribution is 6.30. The van der Waals surface area contributed by atoms with Crippen molar-refractivity contribution in [2.45, 2.75) is 18.9 Å². The average Bonchev–Trinajstić information content (AvgIpc) is 2.33. The van der Waals surface area contributed by atoms with Crippen LogP contribution in [-0.2, 0) is 4.74 Å². The Morgan fingerprint density at radius 1 is 1.44 bits per heavy atom. The molecule has 1 unspecified atom stereocenters. The summed E-state index contributed by atoms with van der Waals surface area (Å²) in [6, 6.07) is 4.25. The molecule has 2 rings (SSSR count). The van der Waals surface area contributed by atoms with Crippen molar-refractivity contribution in [3.8, 4) is 0 Å². The Balaban J connectivity index is 2.29. The summed E-state index contributed by atoms with van der Waals surface area (Å²) in [4.78, 5) is 0. The molecule has 1 aromatic rings. The molecular weight excluding hydrogens is 229 g/mol. The van der Waals surface area contributed by atoms with Gasteiger partial charge in [0.2, 0.25) is 0 Å². The van der Waals surface area contributed by atoms with Gasteiger partial charge in [0.25, 0.3) is 0 Å². The van der Waals surface area contributed by atoms with Gasteiger partial charge < -0.3 is 10.5 Å². The minimum Gasteiger partial charge on any atom is -0.496 e. The molecule has 0 spiro atoms. The Hall–Kier alpha value is -1.06. The van der Waals surface area contributed by atoms with Crippen molar-refractivity contribution in [2.24, 2.45) is 5.73 Å². The predicted molar refractivity (Wildman–Crippen MR) is 61.6 cm³/mol. The maximum absolute atomic E-state index is 13.7. The first kappa shape index (κ1) is 11.4. The topological polar surface area (TPSA) is 35.2 Å². The van der Waals surface area contributed by atoms with Crippen molar-refractivity contribution in [3.05, 3.63) is 46.4 Å². The molecule has 0 bridgehead atoms. The van der Waals surface area contributed by atoms with Gasteiger partial charge in [-0.1, -0.05) is 23.7 Å². The van der Waals surface area contributed by atoms with E-state index in [9.17, 15) is 4.39 Å². The molecule has 2 N–H and O–H groups in total. The van der Waals surface area contributed by atoms with Crippen LogP contribution in [-0.4, -0.2) is 6.61 Å². The molecule has 0 fully saturated rings. The first-order valence-electron chi connectivity index (χ1n) is 5.22. The van der Waals surface area contributed by atoms with Crippen molar-refractivity contribution >= 4 is 11.6 Å². The van der Waals surface area contributed by atoms with Crippen molar-refractivity contribution in [2.75, 3.05) is 6.61 Å². The lowest BCUT2D eigenvalue weighted by Gasteiger charge is -2.21. The molecule has 0 aliphatic carbocycles. The Morgan fingerprint density at radius 3 is 2.94 bits per heavy atom. The fourth-order valence-electron chi connectivity index (χ4n) is 1.71. The standard InChI is InChI=1S/C12H13ClFNO/c13-9-5-3-4-8(11(9)14)12(15)10-6-1-2-7-16-10/h3-6,12H,1-2,7,15H2. The quantitative estimate of drug-likeness (QED) is 0.863. The van der Waals surface area contributed by atoms with E-state index >= 15 is 0 Å². The number of allylic oxidation sites excluding steroid dienone is 1. The summed E-state index contributed by atoms with van der Waals surface area (Å²) in [5, 5.41) is 0.0874.